The Morgan fingerprint density at radius 1 is 1.12 bits per heavy atom. The van der Waals surface area contributed by atoms with Crippen molar-refractivity contribution in [3.63, 3.8) is 0 Å². The van der Waals surface area contributed by atoms with Crippen LogP contribution in [0, 0.1) is 5.92 Å². The van der Waals surface area contributed by atoms with E-state index in [1.165, 1.54) is 51.3 Å². The predicted octanol–water partition coefficient (Wildman–Crippen LogP) is 2.11. The number of methoxy groups -OCH3 is 2. The summed E-state index contributed by atoms with van der Waals surface area (Å²) in [5.41, 5.74) is 0.875. The Labute approximate surface area is 155 Å². The average Bonchev–Trinajstić information content (AvgIpc) is 2.70. The molecule has 0 radical (unpaired) electrons. The van der Waals surface area contributed by atoms with Crippen LogP contribution < -0.4 is 14.4 Å². The molecule has 26 heavy (non-hydrogen) atoms. The highest BCUT2D eigenvalue weighted by atomic mass is 16.5. The van der Waals surface area contributed by atoms with Gasteiger partial charge in [0.1, 0.15) is 6.61 Å². The fraction of sp³-hybridized carbons (Fsp3) is 0.571. The molecule has 2 saturated heterocycles. The van der Waals surface area contributed by atoms with E-state index in [9.17, 15) is 4.79 Å². The van der Waals surface area contributed by atoms with Crippen molar-refractivity contribution in [2.45, 2.75) is 38.1 Å². The van der Waals surface area contributed by atoms with Crippen LogP contribution in [0.15, 0.2) is 24.3 Å². The lowest BCUT2D eigenvalue weighted by Crippen LogP contribution is -3.18. The van der Waals surface area contributed by atoms with Crippen molar-refractivity contribution in [1.82, 2.24) is 0 Å². The molecular formula is C21H30NO4+. The molecule has 5 heteroatoms. The van der Waals surface area contributed by atoms with E-state index < -0.39 is 0 Å². The third-order valence-electron chi connectivity index (χ3n) is 5.69. The molecule has 5 nitrogen and oxygen atoms in total. The maximum Gasteiger partial charge on any atom is 0.330 e. The van der Waals surface area contributed by atoms with Gasteiger partial charge in [0.2, 0.25) is 0 Å². The molecule has 1 N–H and O–H groups in total. The molecule has 0 amide bonds. The first-order chi connectivity index (χ1) is 12.7. The van der Waals surface area contributed by atoms with Crippen molar-refractivity contribution in [2.24, 2.45) is 5.92 Å². The standard InChI is InChI=1S/C21H29NO4/c1-24-19-10-8-16(14-20(19)25-2)9-11-21(23)26-15-17-6-5-13-22-12-4-3-7-18(17)22/h8-11,14,17-18H,3-7,12-13,15H2,1-2H3/p+1/b11-9+/t17-,18+/m0/s1. The zero-order valence-corrected chi connectivity index (χ0v) is 15.8. The first-order valence-corrected chi connectivity index (χ1v) is 9.62. The van der Waals surface area contributed by atoms with Gasteiger partial charge in [-0.2, -0.15) is 0 Å². The van der Waals surface area contributed by atoms with E-state index in [1.54, 1.807) is 25.2 Å². The Morgan fingerprint density at radius 3 is 2.73 bits per heavy atom. The molecular weight excluding hydrogens is 330 g/mol. The number of benzene rings is 1. The maximum absolute atomic E-state index is 12.1. The number of fused-ring (bicyclic) bond motifs is 1. The lowest BCUT2D eigenvalue weighted by atomic mass is 9.84. The SMILES string of the molecule is COc1ccc(/C=C/C(=O)OC[C@@H]2CCC[NH+]3CCCC[C@H]23)cc1OC. The number of carbonyl (C=O) groups is 1. The Morgan fingerprint density at radius 2 is 1.92 bits per heavy atom. The number of piperidine rings is 2. The summed E-state index contributed by atoms with van der Waals surface area (Å²) in [6, 6.07) is 6.23. The Bertz CT molecular complexity index is 641. The molecule has 0 bridgehead atoms. The summed E-state index contributed by atoms with van der Waals surface area (Å²) < 4.78 is 16.1. The topological polar surface area (TPSA) is 49.2 Å². The van der Waals surface area contributed by atoms with Crippen LogP contribution >= 0.6 is 0 Å². The smallest absolute Gasteiger partial charge is 0.330 e. The van der Waals surface area contributed by atoms with Gasteiger partial charge in [0.05, 0.1) is 33.4 Å². The van der Waals surface area contributed by atoms with Gasteiger partial charge in [0.25, 0.3) is 0 Å². The third-order valence-corrected chi connectivity index (χ3v) is 5.69. The molecule has 3 atom stereocenters. The van der Waals surface area contributed by atoms with Crippen LogP contribution in [0.1, 0.15) is 37.7 Å². The highest BCUT2D eigenvalue weighted by molar-refractivity contribution is 5.87. The number of rotatable bonds is 6. The largest absolute Gasteiger partial charge is 0.493 e. The summed E-state index contributed by atoms with van der Waals surface area (Å²) in [4.78, 5) is 13.9. The molecule has 2 aliphatic heterocycles. The third kappa shape index (κ3) is 4.58. The summed E-state index contributed by atoms with van der Waals surface area (Å²) in [6.45, 7) is 3.12. The number of nitrogens with one attached hydrogen (secondary N) is 1. The minimum absolute atomic E-state index is 0.275. The number of esters is 1. The first kappa shape index (κ1) is 18.8. The molecule has 2 heterocycles. The summed E-state index contributed by atoms with van der Waals surface area (Å²) in [5.74, 6) is 1.55. The van der Waals surface area contributed by atoms with E-state index in [2.05, 4.69) is 0 Å². The van der Waals surface area contributed by atoms with Gasteiger partial charge >= 0.3 is 5.97 Å². The van der Waals surface area contributed by atoms with Crippen molar-refractivity contribution in [3.8, 4) is 11.5 Å². The highest BCUT2D eigenvalue weighted by Gasteiger charge is 2.36. The molecule has 2 fully saturated rings. The molecule has 0 aromatic heterocycles. The van der Waals surface area contributed by atoms with Crippen LogP contribution in [0.2, 0.25) is 0 Å². The van der Waals surface area contributed by atoms with E-state index in [1.807, 2.05) is 18.2 Å². The van der Waals surface area contributed by atoms with E-state index >= 15 is 0 Å². The van der Waals surface area contributed by atoms with E-state index in [0.29, 0.717) is 30.1 Å². The number of hydrogen-bond donors (Lipinski definition) is 1. The van der Waals surface area contributed by atoms with Crippen LogP contribution in [0.3, 0.4) is 0 Å². The summed E-state index contributed by atoms with van der Waals surface area (Å²) >= 11 is 0. The van der Waals surface area contributed by atoms with E-state index in [4.69, 9.17) is 14.2 Å². The normalized spacial score (nSPS) is 25.5. The zero-order valence-electron chi connectivity index (χ0n) is 15.8. The van der Waals surface area contributed by atoms with Crippen molar-refractivity contribution in [2.75, 3.05) is 33.9 Å². The molecule has 1 unspecified atom stereocenters. The van der Waals surface area contributed by atoms with Crippen LogP contribution in [0.5, 0.6) is 11.5 Å². The fourth-order valence-electron chi connectivity index (χ4n) is 4.34. The second kappa shape index (κ2) is 9.08. The Hall–Kier alpha value is -2.01. The lowest BCUT2D eigenvalue weighted by molar-refractivity contribution is -0.940. The summed E-state index contributed by atoms with van der Waals surface area (Å²) in [6.07, 6.45) is 9.61. The number of carbonyl (C=O) groups excluding carboxylic acids is 1. The lowest BCUT2D eigenvalue weighted by Gasteiger charge is -2.40. The molecule has 3 rings (SSSR count). The minimum Gasteiger partial charge on any atom is -0.493 e. The quantitative estimate of drug-likeness (QED) is 0.624. The monoisotopic (exact) mass is 360 g/mol. The van der Waals surface area contributed by atoms with Gasteiger partial charge in [-0.3, -0.25) is 0 Å². The van der Waals surface area contributed by atoms with Crippen molar-refractivity contribution >= 4 is 12.0 Å². The fourth-order valence-corrected chi connectivity index (χ4v) is 4.34. The molecule has 142 valence electrons. The van der Waals surface area contributed by atoms with Crippen molar-refractivity contribution in [1.29, 1.82) is 0 Å². The molecule has 2 aliphatic rings. The number of hydrogen-bond acceptors (Lipinski definition) is 4. The van der Waals surface area contributed by atoms with Gasteiger partial charge in [0.15, 0.2) is 11.5 Å². The summed E-state index contributed by atoms with van der Waals surface area (Å²) in [7, 11) is 3.20. The highest BCUT2D eigenvalue weighted by Crippen LogP contribution is 2.28. The summed E-state index contributed by atoms with van der Waals surface area (Å²) in [5, 5.41) is 0. The van der Waals surface area contributed by atoms with E-state index in [0.717, 1.165) is 5.56 Å². The number of quaternary nitrogens is 1. The molecule has 0 aliphatic carbocycles. The molecule has 1 aromatic carbocycles. The minimum atomic E-state index is -0.275. The van der Waals surface area contributed by atoms with Gasteiger partial charge in [-0.1, -0.05) is 6.07 Å². The van der Waals surface area contributed by atoms with Gasteiger partial charge in [-0.25, -0.2) is 4.79 Å². The molecule has 0 spiro atoms. The second-order valence-electron chi connectivity index (χ2n) is 7.24. The predicted molar refractivity (Wildman–Crippen MR) is 101 cm³/mol. The maximum atomic E-state index is 12.1. The van der Waals surface area contributed by atoms with Gasteiger partial charge in [-0.05, 0) is 55.9 Å². The van der Waals surface area contributed by atoms with Gasteiger partial charge in [0, 0.05) is 12.0 Å². The number of ether oxygens (including phenoxy) is 3. The van der Waals surface area contributed by atoms with Crippen LogP contribution in [-0.2, 0) is 9.53 Å². The van der Waals surface area contributed by atoms with Crippen LogP contribution in [0.25, 0.3) is 6.08 Å². The molecule has 0 saturated carbocycles. The van der Waals surface area contributed by atoms with Gasteiger partial charge < -0.3 is 19.1 Å². The molecule has 1 aromatic rings. The van der Waals surface area contributed by atoms with Crippen molar-refractivity contribution in [3.05, 3.63) is 29.8 Å². The van der Waals surface area contributed by atoms with Gasteiger partial charge in [-0.15, -0.1) is 0 Å². The second-order valence-corrected chi connectivity index (χ2v) is 7.24. The first-order valence-electron chi connectivity index (χ1n) is 9.62. The Balaban J connectivity index is 1.53. The van der Waals surface area contributed by atoms with Crippen LogP contribution in [-0.4, -0.2) is 45.9 Å². The zero-order chi connectivity index (χ0) is 18.4. The average molecular weight is 360 g/mol. The van der Waals surface area contributed by atoms with E-state index in [-0.39, 0.29) is 5.97 Å². The van der Waals surface area contributed by atoms with Crippen molar-refractivity contribution < 1.29 is 23.9 Å². The Kier molecular flexibility index (Phi) is 6.56. The van der Waals surface area contributed by atoms with Crippen LogP contribution in [0.4, 0.5) is 0 Å².